The first-order chi connectivity index (χ1) is 55.5. The van der Waals surface area contributed by atoms with Gasteiger partial charge in [-0.25, -0.2) is 23.8 Å². The first-order valence-electron chi connectivity index (χ1n) is 39.0. The van der Waals surface area contributed by atoms with Crippen molar-refractivity contribution >= 4 is 92.2 Å². The molecule has 3 radical (unpaired) electrons. The summed E-state index contributed by atoms with van der Waals surface area (Å²) in [5.41, 5.74) is 12.2. The number of primary amides is 1. The lowest BCUT2D eigenvalue weighted by molar-refractivity contribution is -0.172. The van der Waals surface area contributed by atoms with Crippen LogP contribution in [-0.4, -0.2) is 218 Å². The van der Waals surface area contributed by atoms with Crippen LogP contribution in [-0.2, 0) is 113 Å². The number of ether oxygens (including phenoxy) is 8. The molecular weight excluding hydrogens is 1530 g/mol. The molecule has 2 aliphatic heterocycles. The molecule has 0 fully saturated rings. The topological polar surface area (TPSA) is 497 Å². The molecule has 3 aliphatic rings. The van der Waals surface area contributed by atoms with Gasteiger partial charge >= 0.3 is 24.1 Å². The number of nitrogens with one attached hydrogen (secondary N) is 9. The molecule has 0 saturated carbocycles. The average Bonchev–Trinajstić information content (AvgIpc) is 1.66. The Morgan fingerprint density at radius 1 is 0.724 bits per heavy atom. The highest BCUT2D eigenvalue weighted by Gasteiger charge is 2.49. The number of carboxylic acid groups (broad SMARTS) is 1. The van der Waals surface area contributed by atoms with Gasteiger partial charge < -0.3 is 112 Å². The van der Waals surface area contributed by atoms with Gasteiger partial charge in [0.05, 0.1) is 100 Å². The monoisotopic (exact) mass is 1640 g/mol. The number of nitrogens with zero attached hydrogens (tertiary/aromatic N) is 2. The van der Waals surface area contributed by atoms with Crippen LogP contribution < -0.4 is 64.9 Å². The number of hydrogen-bond acceptors (Lipinski definition) is 23. The van der Waals surface area contributed by atoms with Crippen LogP contribution in [0.25, 0.3) is 22.3 Å². The number of carboxylic acids is 1. The SMILES string of the molecule is C#CCCCCCC(C)OCC(=O)NCCOCCOCCOCCOCCC(=O)N[C@@H](CCC(=O)O)C(=O)N[C@H](C(=O)N[C@@H](CCCNC(N)=O)C(=O)Nc1ccc(COC(=O)NCCCC[C@H](N)C(=O)NCOCC(=O)N[C@H]2CCc3c(C)c(F)cc4nc5c(c2c34)Cn2c-5cc3c(c2=O)COC(=O)[C@]3(O)[C@@H](C)[Si])cc1)C(C)C. The van der Waals surface area contributed by atoms with Crippen molar-refractivity contribution < 1.29 is 105 Å². The highest BCUT2D eigenvalue weighted by Crippen LogP contribution is 2.47. The number of alkyl carbamates (subject to hydrolysis) is 1. The number of nitrogens with two attached hydrogens (primary N) is 2. The van der Waals surface area contributed by atoms with E-state index in [1.54, 1.807) is 45.9 Å². The van der Waals surface area contributed by atoms with Gasteiger partial charge in [0.25, 0.3) is 5.56 Å². The molecule has 0 spiro atoms. The van der Waals surface area contributed by atoms with Gasteiger partial charge in [0.1, 0.15) is 57.1 Å². The molecule has 633 valence electrons. The molecule has 1 unspecified atom stereocenters. The van der Waals surface area contributed by atoms with Crippen molar-refractivity contribution in [2.75, 3.05) is 97.8 Å². The number of rotatable bonds is 52. The Hall–Kier alpha value is -10.0. The molecule has 10 amide bonds. The minimum Gasteiger partial charge on any atom is -0.481 e. The van der Waals surface area contributed by atoms with E-state index >= 15 is 4.39 Å². The van der Waals surface area contributed by atoms with Crippen molar-refractivity contribution in [3.63, 3.8) is 0 Å². The minimum atomic E-state index is -2.19. The molecule has 116 heavy (non-hydrogen) atoms. The fourth-order valence-corrected chi connectivity index (χ4v) is 13.6. The van der Waals surface area contributed by atoms with E-state index in [0.717, 1.165) is 37.7 Å². The number of cyclic esters (lactones) is 1. The molecule has 0 bridgehead atoms. The number of esters is 1. The lowest BCUT2D eigenvalue weighted by Gasteiger charge is -2.35. The highest BCUT2D eigenvalue weighted by molar-refractivity contribution is 6.15. The van der Waals surface area contributed by atoms with Crippen molar-refractivity contribution in [2.45, 2.75) is 198 Å². The smallest absolute Gasteiger partial charge is 0.407 e. The number of halogens is 1. The van der Waals surface area contributed by atoms with Crippen LogP contribution in [0.15, 0.2) is 41.2 Å². The van der Waals surface area contributed by atoms with Gasteiger partial charge in [0, 0.05) is 77.4 Å². The molecule has 2 aromatic heterocycles. The second kappa shape index (κ2) is 47.2. The zero-order valence-corrected chi connectivity index (χ0v) is 67.3. The average molecular weight is 1640 g/mol. The van der Waals surface area contributed by atoms with E-state index < -0.39 is 131 Å². The Morgan fingerprint density at radius 3 is 2.09 bits per heavy atom. The number of urea groups is 1. The molecule has 7 rings (SSSR count). The van der Waals surface area contributed by atoms with Gasteiger partial charge in [-0.1, -0.05) is 45.7 Å². The van der Waals surface area contributed by atoms with E-state index in [-0.39, 0.29) is 134 Å². The number of aromatic nitrogens is 2. The fourth-order valence-electron chi connectivity index (χ4n) is 13.3. The third-order valence-corrected chi connectivity index (χ3v) is 20.1. The number of benzene rings is 2. The van der Waals surface area contributed by atoms with E-state index in [9.17, 15) is 67.7 Å². The number of anilines is 1. The summed E-state index contributed by atoms with van der Waals surface area (Å²) in [6.45, 7) is 9.38. The summed E-state index contributed by atoms with van der Waals surface area (Å²) in [5, 5.41) is 45.7. The van der Waals surface area contributed by atoms with E-state index in [1.807, 2.05) is 6.92 Å². The molecule has 0 saturated heterocycles. The lowest BCUT2D eigenvalue weighted by Crippen LogP contribution is -2.58. The van der Waals surface area contributed by atoms with Gasteiger partial charge in [-0.15, -0.1) is 12.3 Å². The molecule has 4 aromatic rings. The number of pyridine rings is 2. The maximum atomic E-state index is 15.5. The zero-order valence-electron chi connectivity index (χ0n) is 66.3. The predicted molar refractivity (Wildman–Crippen MR) is 420 cm³/mol. The summed E-state index contributed by atoms with van der Waals surface area (Å²) in [6, 6.07) is 2.82. The number of carbonyl (C=O) groups excluding carboxylic acids is 10. The molecule has 37 heteroatoms. The number of hydrogen-bond donors (Lipinski definition) is 13. The second-order valence-corrected chi connectivity index (χ2v) is 29.7. The number of aliphatic carboxylic acids is 1. The summed E-state index contributed by atoms with van der Waals surface area (Å²) < 4.78 is 60.7. The molecule has 15 N–H and O–H groups in total. The normalized spacial score (nSPS) is 16.0. The van der Waals surface area contributed by atoms with Gasteiger partial charge in [0.15, 0.2) is 5.60 Å². The Bertz CT molecular complexity index is 4180. The van der Waals surface area contributed by atoms with Crippen LogP contribution in [0.1, 0.15) is 163 Å². The van der Waals surface area contributed by atoms with Gasteiger partial charge in [0.2, 0.25) is 41.4 Å². The Kier molecular flexibility index (Phi) is 37.9. The summed E-state index contributed by atoms with van der Waals surface area (Å²) in [7, 11) is 3.37. The van der Waals surface area contributed by atoms with Crippen LogP contribution >= 0.6 is 0 Å². The quantitative estimate of drug-likeness (QED) is 0.00875. The van der Waals surface area contributed by atoms with Crippen LogP contribution in [0.4, 0.5) is 19.7 Å². The number of fused-ring (bicyclic) bond motifs is 5. The number of aryl methyl sites for hydroxylation is 1. The van der Waals surface area contributed by atoms with Crippen molar-refractivity contribution in [1.82, 2.24) is 52.1 Å². The van der Waals surface area contributed by atoms with Crippen LogP contribution in [0.3, 0.4) is 0 Å². The summed E-state index contributed by atoms with van der Waals surface area (Å²) in [4.78, 5) is 161. The number of aliphatic hydroxyl groups is 1. The summed E-state index contributed by atoms with van der Waals surface area (Å²) in [5.74, 6) is -4.83. The Morgan fingerprint density at radius 2 is 1.41 bits per heavy atom. The molecule has 1 aliphatic carbocycles. The number of unbranched alkanes of at least 4 members (excludes halogenated alkanes) is 4. The minimum absolute atomic E-state index is 0.0108. The number of carbonyl (C=O) groups is 11. The standard InChI is InChI=1S/C79H109FN13O22Si/c1-7-8-9-10-11-15-47(4)113-44-64(95)83-29-31-109-33-35-111-37-36-110-34-32-108-30-26-63(94)89-60(24-25-66(97)98)73(101)92-69(46(2)3)74(102)91-59(17-14-28-84-77(82)105)72(100)87-51-20-18-50(19-21-51)41-115-78(106)85-27-13-12-16-57(81)71(99)86-45-112-43-65(96)88-58-23-22-52-48(5)56(80)39-61-67(52)68(58)53-40-93-62(70(53)90-61)38-55-54(75(93)103)42-114-76(104)79(55,107)49(6)116/h1,18-21,38-39,46-47,49,57-60,69,107H,8-17,22-37,40-45,81H2,2-6H3,(H,83,95)(H,85,106)(H,86,99)(H,87,100)(H,88,96)(H,89,94)(H,91,102)(H,92,101)(H,97,98)(H3,82,84,105)/t47?,49-,57+,58+,59+,60+,69+,79+/m1/s1. The molecule has 8 atom stereocenters. The second-order valence-electron chi connectivity index (χ2n) is 28.8. The van der Waals surface area contributed by atoms with Crippen LogP contribution in [0.2, 0.25) is 5.54 Å². The summed E-state index contributed by atoms with van der Waals surface area (Å²) in [6.07, 6.45) is 10.1. The van der Waals surface area contributed by atoms with E-state index in [4.69, 9.17) is 60.8 Å². The lowest BCUT2D eigenvalue weighted by atomic mass is 9.81. The molecule has 35 nitrogen and oxygen atoms in total. The Labute approximate surface area is 675 Å². The van der Waals surface area contributed by atoms with Gasteiger partial charge in [-0.05, 0) is 130 Å². The summed E-state index contributed by atoms with van der Waals surface area (Å²) >= 11 is 0. The molecule has 2 aromatic carbocycles. The predicted octanol–water partition coefficient (Wildman–Crippen LogP) is 2.64. The number of terminal acetylenes is 1. The van der Waals surface area contributed by atoms with Crippen molar-refractivity contribution in [1.29, 1.82) is 0 Å². The van der Waals surface area contributed by atoms with Crippen molar-refractivity contribution in [2.24, 2.45) is 17.4 Å². The molecular formula is C79H109FN13O22Si. The number of amides is 10. The van der Waals surface area contributed by atoms with Gasteiger partial charge in [-0.2, -0.15) is 0 Å². The maximum absolute atomic E-state index is 15.5. The first kappa shape index (κ1) is 93.1. The third-order valence-electron chi connectivity index (χ3n) is 19.7. The van der Waals surface area contributed by atoms with Crippen molar-refractivity contribution in [3.8, 4) is 23.7 Å². The first-order valence-corrected chi connectivity index (χ1v) is 39.6. The highest BCUT2D eigenvalue weighted by atomic mass is 28.1. The maximum Gasteiger partial charge on any atom is 0.407 e. The molecule has 4 heterocycles. The van der Waals surface area contributed by atoms with Crippen LogP contribution in [0.5, 0.6) is 0 Å². The van der Waals surface area contributed by atoms with E-state index in [0.29, 0.717) is 102 Å². The zero-order chi connectivity index (χ0) is 84.4. The largest absolute Gasteiger partial charge is 0.481 e. The fraction of sp³-hybridized carbons (Fsp3) is 0.582. The van der Waals surface area contributed by atoms with E-state index in [1.165, 1.54) is 22.8 Å². The Balaban J connectivity index is 0.765. The van der Waals surface area contributed by atoms with Crippen LogP contribution in [0, 0.1) is 31.0 Å². The van der Waals surface area contributed by atoms with Crippen molar-refractivity contribution in [3.05, 3.63) is 91.5 Å². The van der Waals surface area contributed by atoms with Gasteiger partial charge in [-0.3, -0.25) is 43.2 Å². The van der Waals surface area contributed by atoms with E-state index in [2.05, 4.69) is 64.0 Å². The third kappa shape index (κ3) is 28.1.